The molecule has 0 fully saturated rings. The summed E-state index contributed by atoms with van der Waals surface area (Å²) in [5.74, 6) is 0.187. The Morgan fingerprint density at radius 1 is 1.17 bits per heavy atom. The molecule has 18 heavy (non-hydrogen) atoms. The van der Waals surface area contributed by atoms with Gasteiger partial charge in [-0.1, -0.05) is 27.5 Å². The van der Waals surface area contributed by atoms with Gasteiger partial charge in [0.05, 0.1) is 10.6 Å². The van der Waals surface area contributed by atoms with Crippen molar-refractivity contribution in [3.63, 3.8) is 0 Å². The van der Waals surface area contributed by atoms with E-state index in [1.54, 1.807) is 18.2 Å². The summed E-state index contributed by atoms with van der Waals surface area (Å²) in [6.07, 6.45) is 0. The SMILES string of the molecule is N#Cc1cc(F)ccc1Oc1ccc(Br)cc1Cl. The first kappa shape index (κ1) is 12.9. The van der Waals surface area contributed by atoms with Gasteiger partial charge in [-0.15, -0.1) is 0 Å². The van der Waals surface area contributed by atoms with Crippen molar-refractivity contribution in [3.8, 4) is 17.6 Å². The minimum Gasteiger partial charge on any atom is -0.454 e. The number of hydrogen-bond donors (Lipinski definition) is 0. The molecule has 2 nitrogen and oxygen atoms in total. The lowest BCUT2D eigenvalue weighted by Crippen LogP contribution is -1.90. The molecule has 0 amide bonds. The Kier molecular flexibility index (Phi) is 3.85. The van der Waals surface area contributed by atoms with Crippen molar-refractivity contribution in [1.82, 2.24) is 0 Å². The second kappa shape index (κ2) is 5.38. The van der Waals surface area contributed by atoms with E-state index in [1.807, 2.05) is 6.07 Å². The average molecular weight is 327 g/mol. The van der Waals surface area contributed by atoms with Crippen LogP contribution in [0.25, 0.3) is 0 Å². The lowest BCUT2D eigenvalue weighted by Gasteiger charge is -2.09. The first-order valence-electron chi connectivity index (χ1n) is 4.92. The molecule has 90 valence electrons. The van der Waals surface area contributed by atoms with Crippen LogP contribution < -0.4 is 4.74 Å². The summed E-state index contributed by atoms with van der Waals surface area (Å²) >= 11 is 9.27. The minimum atomic E-state index is -0.485. The van der Waals surface area contributed by atoms with Gasteiger partial charge in [0.1, 0.15) is 23.4 Å². The van der Waals surface area contributed by atoms with Gasteiger partial charge in [0.2, 0.25) is 0 Å². The molecule has 0 unspecified atom stereocenters. The normalized spacial score (nSPS) is 9.89. The van der Waals surface area contributed by atoms with E-state index in [4.69, 9.17) is 21.6 Å². The van der Waals surface area contributed by atoms with Gasteiger partial charge in [-0.05, 0) is 36.4 Å². The molecule has 2 aromatic rings. The molecule has 2 aromatic carbocycles. The standard InChI is InChI=1S/C13H6BrClFNO/c14-9-1-3-13(11(15)6-9)18-12-4-2-10(16)5-8(12)7-17/h1-6H. The third-order valence-corrected chi connectivity index (χ3v) is 2.96. The number of benzene rings is 2. The van der Waals surface area contributed by atoms with Gasteiger partial charge in [-0.3, -0.25) is 0 Å². The second-order valence-corrected chi connectivity index (χ2v) is 4.75. The summed E-state index contributed by atoms with van der Waals surface area (Å²) in [4.78, 5) is 0. The highest BCUT2D eigenvalue weighted by molar-refractivity contribution is 9.10. The maximum absolute atomic E-state index is 13.0. The molecule has 0 aliphatic rings. The fourth-order valence-electron chi connectivity index (χ4n) is 1.36. The Balaban J connectivity index is 2.37. The zero-order chi connectivity index (χ0) is 13.1. The molecule has 0 N–H and O–H groups in total. The van der Waals surface area contributed by atoms with Crippen molar-refractivity contribution in [3.05, 3.63) is 57.3 Å². The monoisotopic (exact) mass is 325 g/mol. The average Bonchev–Trinajstić information content (AvgIpc) is 2.34. The van der Waals surface area contributed by atoms with E-state index in [0.29, 0.717) is 10.8 Å². The van der Waals surface area contributed by atoms with Gasteiger partial charge >= 0.3 is 0 Å². The van der Waals surface area contributed by atoms with E-state index in [2.05, 4.69) is 15.9 Å². The van der Waals surface area contributed by atoms with Crippen LogP contribution in [0.3, 0.4) is 0 Å². The van der Waals surface area contributed by atoms with E-state index >= 15 is 0 Å². The van der Waals surface area contributed by atoms with Crippen LogP contribution in [0.1, 0.15) is 5.56 Å². The van der Waals surface area contributed by atoms with Crippen molar-refractivity contribution < 1.29 is 9.13 Å². The van der Waals surface area contributed by atoms with Crippen LogP contribution in [0.2, 0.25) is 5.02 Å². The van der Waals surface area contributed by atoms with Gasteiger partial charge in [0.15, 0.2) is 0 Å². The van der Waals surface area contributed by atoms with Crippen LogP contribution in [0.5, 0.6) is 11.5 Å². The van der Waals surface area contributed by atoms with E-state index in [1.165, 1.54) is 12.1 Å². The molecule has 0 atom stereocenters. The van der Waals surface area contributed by atoms with Crippen molar-refractivity contribution in [2.24, 2.45) is 0 Å². The molecule has 0 spiro atoms. The highest BCUT2D eigenvalue weighted by atomic mass is 79.9. The van der Waals surface area contributed by atoms with Crippen molar-refractivity contribution >= 4 is 27.5 Å². The molecule has 0 bridgehead atoms. The van der Waals surface area contributed by atoms with Gasteiger partial charge in [-0.2, -0.15) is 5.26 Å². The van der Waals surface area contributed by atoms with E-state index < -0.39 is 5.82 Å². The molecule has 0 aromatic heterocycles. The highest BCUT2D eigenvalue weighted by Gasteiger charge is 2.09. The Morgan fingerprint density at radius 2 is 1.89 bits per heavy atom. The predicted molar refractivity (Wildman–Crippen MR) is 70.3 cm³/mol. The summed E-state index contributed by atoms with van der Waals surface area (Å²) in [6, 6.07) is 10.7. The van der Waals surface area contributed by atoms with Crippen molar-refractivity contribution in [2.75, 3.05) is 0 Å². The first-order chi connectivity index (χ1) is 8.60. The number of rotatable bonds is 2. The first-order valence-corrected chi connectivity index (χ1v) is 6.10. The molecular formula is C13H6BrClFNO. The highest BCUT2D eigenvalue weighted by Crippen LogP contribution is 2.33. The van der Waals surface area contributed by atoms with Gasteiger partial charge < -0.3 is 4.74 Å². The number of halogens is 3. The lowest BCUT2D eigenvalue weighted by atomic mass is 10.2. The number of hydrogen-bond acceptors (Lipinski definition) is 2. The summed E-state index contributed by atoms with van der Waals surface area (Å²) in [5.41, 5.74) is 0.119. The number of nitriles is 1. The Labute approximate surface area is 117 Å². The second-order valence-electron chi connectivity index (χ2n) is 3.43. The Bertz CT molecular complexity index is 639. The zero-order valence-corrected chi connectivity index (χ0v) is 11.3. The Hall–Kier alpha value is -1.57. The lowest BCUT2D eigenvalue weighted by molar-refractivity contribution is 0.479. The molecule has 0 aliphatic heterocycles. The van der Waals surface area contributed by atoms with Crippen LogP contribution >= 0.6 is 27.5 Å². The van der Waals surface area contributed by atoms with Crippen molar-refractivity contribution in [2.45, 2.75) is 0 Å². The molecule has 0 radical (unpaired) electrons. The van der Waals surface area contributed by atoms with E-state index in [0.717, 1.165) is 10.5 Å². The fourth-order valence-corrected chi connectivity index (χ4v) is 2.07. The molecule has 2 rings (SSSR count). The number of ether oxygens (including phenoxy) is 1. The smallest absolute Gasteiger partial charge is 0.146 e. The third kappa shape index (κ3) is 2.81. The van der Waals surface area contributed by atoms with Crippen LogP contribution in [-0.4, -0.2) is 0 Å². The third-order valence-electron chi connectivity index (χ3n) is 2.18. The molecular weight excluding hydrogens is 321 g/mol. The molecule has 0 saturated carbocycles. The largest absolute Gasteiger partial charge is 0.454 e. The van der Waals surface area contributed by atoms with Gasteiger partial charge in [0, 0.05) is 4.47 Å². The summed E-state index contributed by atoms with van der Waals surface area (Å²) in [5, 5.41) is 9.30. The molecule has 0 aliphatic carbocycles. The topological polar surface area (TPSA) is 33.0 Å². The number of nitrogens with zero attached hydrogens (tertiary/aromatic N) is 1. The van der Waals surface area contributed by atoms with Crippen LogP contribution in [0.15, 0.2) is 40.9 Å². The quantitative estimate of drug-likeness (QED) is 0.786. The molecule has 0 heterocycles. The van der Waals surface area contributed by atoms with Crippen LogP contribution in [0.4, 0.5) is 4.39 Å². The Morgan fingerprint density at radius 3 is 2.56 bits per heavy atom. The molecule has 5 heteroatoms. The summed E-state index contributed by atoms with van der Waals surface area (Å²) in [6.45, 7) is 0. The maximum Gasteiger partial charge on any atom is 0.146 e. The summed E-state index contributed by atoms with van der Waals surface area (Å²) in [7, 11) is 0. The van der Waals surface area contributed by atoms with Gasteiger partial charge in [-0.25, -0.2) is 4.39 Å². The van der Waals surface area contributed by atoms with E-state index in [9.17, 15) is 4.39 Å². The van der Waals surface area contributed by atoms with Crippen LogP contribution in [-0.2, 0) is 0 Å². The fraction of sp³-hybridized carbons (Fsp3) is 0. The zero-order valence-electron chi connectivity index (χ0n) is 8.95. The predicted octanol–water partition coefficient (Wildman–Crippen LogP) is 4.91. The van der Waals surface area contributed by atoms with Crippen LogP contribution in [0, 0.1) is 17.1 Å². The van der Waals surface area contributed by atoms with Crippen molar-refractivity contribution in [1.29, 1.82) is 5.26 Å². The van der Waals surface area contributed by atoms with Gasteiger partial charge in [0.25, 0.3) is 0 Å². The minimum absolute atomic E-state index is 0.119. The van der Waals surface area contributed by atoms with E-state index in [-0.39, 0.29) is 11.3 Å². The summed E-state index contributed by atoms with van der Waals surface area (Å²) < 4.78 is 19.3. The maximum atomic E-state index is 13.0. The molecule has 0 saturated heterocycles.